The monoisotopic (exact) mass is 351 g/mol. The average molecular weight is 351 g/mol. The quantitative estimate of drug-likeness (QED) is 0.372. The number of hydrogen-bond acceptors (Lipinski definition) is 5. The molecule has 0 aliphatic heterocycles. The third kappa shape index (κ3) is 3.44. The first kappa shape index (κ1) is 17.3. The SMILES string of the molecule is C/C=C\C=C(/C(N)=Nc1ccc(F)c(NC)c1)c1ncnc2nc[nH]c12. The average Bonchev–Trinajstić information content (AvgIpc) is 3.13. The van der Waals surface area contributed by atoms with Crippen molar-refractivity contribution in [1.82, 2.24) is 19.9 Å². The Morgan fingerprint density at radius 3 is 2.92 bits per heavy atom. The smallest absolute Gasteiger partial charge is 0.181 e. The molecule has 0 aliphatic rings. The number of H-pyrrole nitrogens is 1. The Bertz CT molecular complexity index is 1020. The van der Waals surface area contributed by atoms with Gasteiger partial charge in [0.15, 0.2) is 5.65 Å². The van der Waals surface area contributed by atoms with E-state index in [1.54, 1.807) is 25.5 Å². The summed E-state index contributed by atoms with van der Waals surface area (Å²) in [5.41, 5.74) is 9.51. The van der Waals surface area contributed by atoms with Crippen molar-refractivity contribution in [3.05, 3.63) is 60.6 Å². The van der Waals surface area contributed by atoms with Gasteiger partial charge in [0.1, 0.15) is 29.2 Å². The van der Waals surface area contributed by atoms with Crippen molar-refractivity contribution in [2.75, 3.05) is 12.4 Å². The van der Waals surface area contributed by atoms with Crippen molar-refractivity contribution >= 4 is 33.9 Å². The van der Waals surface area contributed by atoms with Crippen molar-refractivity contribution in [3.63, 3.8) is 0 Å². The highest BCUT2D eigenvalue weighted by Gasteiger charge is 2.14. The van der Waals surface area contributed by atoms with E-state index in [1.165, 1.54) is 12.4 Å². The number of rotatable bonds is 5. The number of aromatic amines is 1. The molecule has 3 aromatic rings. The maximum absolute atomic E-state index is 13.6. The summed E-state index contributed by atoms with van der Waals surface area (Å²) < 4.78 is 13.6. The number of hydrogen-bond donors (Lipinski definition) is 3. The van der Waals surface area contributed by atoms with Gasteiger partial charge in [-0.2, -0.15) is 0 Å². The lowest BCUT2D eigenvalue weighted by Crippen LogP contribution is -2.15. The molecule has 132 valence electrons. The fraction of sp³-hybridized carbons (Fsp3) is 0.111. The molecule has 2 heterocycles. The molecule has 0 spiro atoms. The zero-order valence-electron chi connectivity index (χ0n) is 14.4. The summed E-state index contributed by atoms with van der Waals surface area (Å²) in [6, 6.07) is 4.48. The number of anilines is 1. The molecule has 0 atom stereocenters. The standard InChI is InChI=1S/C18H18FN7/c1-3-4-5-12(15-16-18(24-9-22-15)25-10-23-16)17(20)26-11-6-7-13(19)14(8-11)21-2/h3-10,21H,1-2H3,(H2,20,26)(H,22,23,24,25)/b4-3-,12-5-. The summed E-state index contributed by atoms with van der Waals surface area (Å²) in [6.07, 6.45) is 8.49. The van der Waals surface area contributed by atoms with Crippen LogP contribution in [0.1, 0.15) is 12.6 Å². The van der Waals surface area contributed by atoms with E-state index < -0.39 is 0 Å². The molecular weight excluding hydrogens is 333 g/mol. The van der Waals surface area contributed by atoms with Gasteiger partial charge < -0.3 is 16.0 Å². The molecule has 1 aromatic carbocycles. The molecule has 3 rings (SSSR count). The lowest BCUT2D eigenvalue weighted by Gasteiger charge is -2.08. The number of amidine groups is 1. The molecule has 0 unspecified atom stereocenters. The maximum Gasteiger partial charge on any atom is 0.181 e. The summed E-state index contributed by atoms with van der Waals surface area (Å²) in [4.78, 5) is 20.0. The van der Waals surface area contributed by atoms with Crippen LogP contribution in [0.2, 0.25) is 0 Å². The number of halogens is 1. The number of allylic oxidation sites excluding steroid dienone is 3. The number of nitrogens with two attached hydrogens (primary N) is 1. The van der Waals surface area contributed by atoms with Gasteiger partial charge >= 0.3 is 0 Å². The third-order valence-electron chi connectivity index (χ3n) is 3.68. The van der Waals surface area contributed by atoms with E-state index >= 15 is 0 Å². The van der Waals surface area contributed by atoms with E-state index in [0.717, 1.165) is 0 Å². The van der Waals surface area contributed by atoms with E-state index in [-0.39, 0.29) is 11.7 Å². The van der Waals surface area contributed by atoms with Gasteiger partial charge in [-0.3, -0.25) is 0 Å². The second kappa shape index (κ2) is 7.56. The van der Waals surface area contributed by atoms with E-state index in [0.29, 0.717) is 33.8 Å². The zero-order valence-corrected chi connectivity index (χ0v) is 14.4. The summed E-state index contributed by atoms with van der Waals surface area (Å²) in [5, 5.41) is 2.78. The van der Waals surface area contributed by atoms with Gasteiger partial charge in [0.25, 0.3) is 0 Å². The van der Waals surface area contributed by atoms with Gasteiger partial charge in [-0.05, 0) is 31.2 Å². The minimum atomic E-state index is -0.357. The van der Waals surface area contributed by atoms with E-state index in [4.69, 9.17) is 5.73 Å². The van der Waals surface area contributed by atoms with Crippen LogP contribution in [0.3, 0.4) is 0 Å². The Morgan fingerprint density at radius 1 is 1.31 bits per heavy atom. The Kier molecular flexibility index (Phi) is 5.02. The molecule has 7 nitrogen and oxygen atoms in total. The van der Waals surface area contributed by atoms with Crippen molar-refractivity contribution < 1.29 is 4.39 Å². The number of aliphatic imine (C=N–C) groups is 1. The van der Waals surface area contributed by atoms with Crippen LogP contribution in [0, 0.1) is 5.82 Å². The maximum atomic E-state index is 13.6. The number of benzene rings is 1. The molecular formula is C18H18FN7. The highest BCUT2D eigenvalue weighted by atomic mass is 19.1. The fourth-order valence-electron chi connectivity index (χ4n) is 2.42. The molecule has 4 N–H and O–H groups in total. The van der Waals surface area contributed by atoms with Crippen LogP contribution < -0.4 is 11.1 Å². The van der Waals surface area contributed by atoms with Crippen molar-refractivity contribution in [1.29, 1.82) is 0 Å². The Hall–Kier alpha value is -3.55. The van der Waals surface area contributed by atoms with E-state index in [2.05, 4.69) is 30.2 Å². The second-order valence-electron chi connectivity index (χ2n) is 5.34. The lowest BCUT2D eigenvalue weighted by atomic mass is 10.1. The Labute approximate surface area is 149 Å². The Morgan fingerprint density at radius 2 is 2.15 bits per heavy atom. The minimum Gasteiger partial charge on any atom is -0.386 e. The minimum absolute atomic E-state index is 0.242. The number of imidazole rings is 1. The predicted octanol–water partition coefficient (Wildman–Crippen LogP) is 3.18. The molecule has 0 amide bonds. The topological polar surface area (TPSA) is 105 Å². The molecule has 0 fully saturated rings. The molecule has 0 aliphatic carbocycles. The summed E-state index contributed by atoms with van der Waals surface area (Å²) >= 11 is 0. The predicted molar refractivity (Wildman–Crippen MR) is 102 cm³/mol. The number of nitrogens with zero attached hydrogens (tertiary/aromatic N) is 4. The van der Waals surface area contributed by atoms with Crippen molar-refractivity contribution in [2.45, 2.75) is 6.92 Å². The van der Waals surface area contributed by atoms with Crippen molar-refractivity contribution in [3.8, 4) is 0 Å². The van der Waals surface area contributed by atoms with Crippen LogP contribution in [0.5, 0.6) is 0 Å². The highest BCUT2D eigenvalue weighted by molar-refractivity contribution is 6.24. The van der Waals surface area contributed by atoms with Gasteiger partial charge in [0, 0.05) is 12.6 Å². The zero-order chi connectivity index (χ0) is 18.5. The molecule has 2 aromatic heterocycles. The summed E-state index contributed by atoms with van der Waals surface area (Å²) in [6.45, 7) is 1.90. The third-order valence-corrected chi connectivity index (χ3v) is 3.68. The van der Waals surface area contributed by atoms with Gasteiger partial charge in [-0.25, -0.2) is 24.3 Å². The Balaban J connectivity index is 2.10. The first-order valence-corrected chi connectivity index (χ1v) is 7.93. The van der Waals surface area contributed by atoms with Gasteiger partial charge in [-0.1, -0.05) is 12.2 Å². The number of aromatic nitrogens is 4. The molecule has 26 heavy (non-hydrogen) atoms. The molecule has 0 saturated carbocycles. The van der Waals surface area contributed by atoms with Crippen LogP contribution >= 0.6 is 0 Å². The molecule has 0 radical (unpaired) electrons. The van der Waals surface area contributed by atoms with E-state index in [1.807, 2.05) is 25.2 Å². The second-order valence-corrected chi connectivity index (χ2v) is 5.34. The number of fused-ring (bicyclic) bond motifs is 1. The molecule has 8 heteroatoms. The number of nitrogens with one attached hydrogen (secondary N) is 2. The molecule has 0 bridgehead atoms. The fourth-order valence-corrected chi connectivity index (χ4v) is 2.42. The first-order chi connectivity index (χ1) is 12.6. The van der Waals surface area contributed by atoms with Crippen LogP contribution in [0.4, 0.5) is 15.8 Å². The van der Waals surface area contributed by atoms with Crippen LogP contribution in [0.15, 0.2) is 54.1 Å². The molecule has 0 saturated heterocycles. The largest absolute Gasteiger partial charge is 0.386 e. The summed E-state index contributed by atoms with van der Waals surface area (Å²) in [5.74, 6) is -0.115. The highest BCUT2D eigenvalue weighted by Crippen LogP contribution is 2.24. The van der Waals surface area contributed by atoms with Gasteiger partial charge in [-0.15, -0.1) is 0 Å². The van der Waals surface area contributed by atoms with Crippen molar-refractivity contribution in [2.24, 2.45) is 10.7 Å². The van der Waals surface area contributed by atoms with Crippen LogP contribution in [-0.4, -0.2) is 32.8 Å². The summed E-state index contributed by atoms with van der Waals surface area (Å²) in [7, 11) is 1.64. The van der Waals surface area contributed by atoms with Crippen LogP contribution in [-0.2, 0) is 0 Å². The first-order valence-electron chi connectivity index (χ1n) is 7.93. The van der Waals surface area contributed by atoms with Gasteiger partial charge in [0.2, 0.25) is 0 Å². The lowest BCUT2D eigenvalue weighted by molar-refractivity contribution is 0.631. The van der Waals surface area contributed by atoms with Crippen LogP contribution in [0.25, 0.3) is 16.7 Å². The van der Waals surface area contributed by atoms with Gasteiger partial charge in [0.05, 0.1) is 17.7 Å². The normalized spacial score (nSPS) is 12.9. The van der Waals surface area contributed by atoms with E-state index in [9.17, 15) is 4.39 Å².